The fourth-order valence-corrected chi connectivity index (χ4v) is 6.40. The molecule has 0 spiro atoms. The Bertz CT molecular complexity index is 1880. The Labute approximate surface area is 314 Å². The molecule has 1 aromatic heterocycles. The molecular weight excluding hydrogens is 760 g/mol. The van der Waals surface area contributed by atoms with Crippen molar-refractivity contribution in [1.29, 1.82) is 0 Å². The van der Waals surface area contributed by atoms with Crippen molar-refractivity contribution < 1.29 is 104 Å². The van der Waals surface area contributed by atoms with E-state index in [2.05, 4.69) is 0 Å². The Kier molecular flexibility index (Phi) is 12.6. The van der Waals surface area contributed by atoms with Crippen molar-refractivity contribution in [2.45, 2.75) is 92.1 Å². The molecule has 3 saturated heterocycles. The molecule has 0 radical (unpaired) electrons. The number of phenolic OH excluding ortho intramolecular Hbond substituents is 2. The van der Waals surface area contributed by atoms with Crippen LogP contribution in [0.25, 0.3) is 22.3 Å². The van der Waals surface area contributed by atoms with E-state index >= 15 is 0 Å². The van der Waals surface area contributed by atoms with Gasteiger partial charge in [0.15, 0.2) is 23.5 Å². The number of hydrogen-bond acceptors (Lipinski definition) is 22. The highest BCUT2D eigenvalue weighted by molar-refractivity contribution is 5.88. The molecule has 0 unspecified atom stereocenters. The van der Waals surface area contributed by atoms with Crippen molar-refractivity contribution in [3.8, 4) is 40.1 Å². The molecule has 6 rings (SSSR count). The molecule has 3 aliphatic rings. The summed E-state index contributed by atoms with van der Waals surface area (Å²) in [6.07, 6.45) is -26.2. The molecule has 310 valence electrons. The van der Waals surface area contributed by atoms with Crippen LogP contribution in [0.3, 0.4) is 0 Å². The molecule has 56 heavy (non-hydrogen) atoms. The topological polar surface area (TPSA) is 358 Å². The molecule has 15 atom stereocenters. The predicted molar refractivity (Wildman–Crippen MR) is 179 cm³/mol. The monoisotopic (exact) mass is 802 g/mol. The van der Waals surface area contributed by atoms with Crippen molar-refractivity contribution >= 4 is 11.0 Å². The van der Waals surface area contributed by atoms with Crippen molar-refractivity contribution in [3.05, 3.63) is 40.6 Å². The normalized spacial score (nSPS) is 36.3. The lowest BCUT2D eigenvalue weighted by Crippen LogP contribution is -2.62. The number of aliphatic hydroxyl groups is 11. The summed E-state index contributed by atoms with van der Waals surface area (Å²) < 4.78 is 44.4. The van der Waals surface area contributed by atoms with Gasteiger partial charge in [-0.1, -0.05) is 0 Å². The molecular formula is C34H42O22. The van der Waals surface area contributed by atoms with Crippen LogP contribution in [0.1, 0.15) is 0 Å². The highest BCUT2D eigenvalue weighted by atomic mass is 16.7. The Hall–Kier alpha value is -3.95. The van der Waals surface area contributed by atoms with Crippen LogP contribution in [0.15, 0.2) is 39.5 Å². The third-order valence-electron chi connectivity index (χ3n) is 9.62. The van der Waals surface area contributed by atoms with Gasteiger partial charge in [-0.15, -0.1) is 0 Å². The van der Waals surface area contributed by atoms with E-state index in [4.69, 9.17) is 37.6 Å². The molecule has 0 saturated carbocycles. The Morgan fingerprint density at radius 3 is 1.75 bits per heavy atom. The summed E-state index contributed by atoms with van der Waals surface area (Å²) in [5.41, 5.74) is -1.48. The fraction of sp³-hybridized carbons (Fsp3) is 0.559. The zero-order valence-corrected chi connectivity index (χ0v) is 29.2. The maximum atomic E-state index is 14.2. The van der Waals surface area contributed by atoms with Crippen molar-refractivity contribution in [3.63, 3.8) is 0 Å². The van der Waals surface area contributed by atoms with Crippen molar-refractivity contribution in [2.24, 2.45) is 0 Å². The first kappa shape index (κ1) is 41.7. The van der Waals surface area contributed by atoms with Crippen LogP contribution < -0.4 is 19.6 Å². The number of methoxy groups -OCH3 is 1. The maximum Gasteiger partial charge on any atom is 0.239 e. The summed E-state index contributed by atoms with van der Waals surface area (Å²) in [7, 11) is 1.23. The highest BCUT2D eigenvalue weighted by Gasteiger charge is 2.49. The second-order valence-electron chi connectivity index (χ2n) is 13.3. The summed E-state index contributed by atoms with van der Waals surface area (Å²) in [6.45, 7) is -2.24. The molecule has 4 heterocycles. The lowest BCUT2D eigenvalue weighted by atomic mass is 9.98. The summed E-state index contributed by atoms with van der Waals surface area (Å²) in [5.74, 6) is -2.69. The molecule has 3 aliphatic heterocycles. The number of rotatable bonds is 11. The summed E-state index contributed by atoms with van der Waals surface area (Å²) in [5, 5.41) is 133. The zero-order chi connectivity index (χ0) is 40.7. The molecule has 3 aromatic rings. The van der Waals surface area contributed by atoms with E-state index in [1.807, 2.05) is 0 Å². The molecule has 13 N–H and O–H groups in total. The first-order valence-corrected chi connectivity index (χ1v) is 17.1. The van der Waals surface area contributed by atoms with Gasteiger partial charge in [-0.05, 0) is 18.2 Å². The molecule has 0 amide bonds. The van der Waals surface area contributed by atoms with Crippen LogP contribution in [0.2, 0.25) is 0 Å². The average molecular weight is 803 g/mol. The lowest BCUT2D eigenvalue weighted by Gasteiger charge is -2.42. The first-order valence-electron chi connectivity index (χ1n) is 17.1. The number of benzene rings is 2. The minimum atomic E-state index is -2.06. The Morgan fingerprint density at radius 2 is 1.16 bits per heavy atom. The van der Waals surface area contributed by atoms with Gasteiger partial charge in [0.1, 0.15) is 95.7 Å². The molecule has 0 bridgehead atoms. The third-order valence-corrected chi connectivity index (χ3v) is 9.62. The van der Waals surface area contributed by atoms with Gasteiger partial charge < -0.3 is 104 Å². The molecule has 22 nitrogen and oxygen atoms in total. The predicted octanol–water partition coefficient (Wildman–Crippen LogP) is -4.94. The quantitative estimate of drug-likeness (QED) is 0.0863. The second kappa shape index (κ2) is 16.9. The van der Waals surface area contributed by atoms with Crippen LogP contribution in [-0.4, -0.2) is 185 Å². The third kappa shape index (κ3) is 7.83. The van der Waals surface area contributed by atoms with Gasteiger partial charge in [-0.2, -0.15) is 0 Å². The zero-order valence-electron chi connectivity index (χ0n) is 29.2. The fourth-order valence-electron chi connectivity index (χ4n) is 6.40. The van der Waals surface area contributed by atoms with E-state index in [0.717, 1.165) is 12.1 Å². The number of aliphatic hydroxyl groups excluding tert-OH is 11. The van der Waals surface area contributed by atoms with Crippen LogP contribution >= 0.6 is 0 Å². The minimum absolute atomic E-state index is 0.00165. The van der Waals surface area contributed by atoms with Crippen molar-refractivity contribution in [1.82, 2.24) is 0 Å². The van der Waals surface area contributed by atoms with E-state index in [9.17, 15) is 71.2 Å². The van der Waals surface area contributed by atoms with Gasteiger partial charge in [-0.25, -0.2) is 0 Å². The van der Waals surface area contributed by atoms with Gasteiger partial charge in [-0.3, -0.25) is 4.79 Å². The largest absolute Gasteiger partial charge is 0.507 e. The van der Waals surface area contributed by atoms with E-state index in [1.165, 1.54) is 25.3 Å². The highest BCUT2D eigenvalue weighted by Crippen LogP contribution is 2.40. The van der Waals surface area contributed by atoms with Gasteiger partial charge in [0.25, 0.3) is 0 Å². The molecule has 0 aliphatic carbocycles. The standard InChI is InChI=1S/C34H42O22/c1-49-14-4-10(2-3-12(14)37)30-31(23(42)19-13(38)5-11(6-15(19)52-30)51-33-28(47)25(44)21(40)17(8-36)54-33)56-34-29(48)26(45)22(41)18(55-34)9-50-32-27(46)24(43)20(39)16(7-35)53-32/h2-6,16-18,20-22,24-29,32-41,43-48H,7-9H2,1H3/t16-,17-,18-,20-,21-,22-,24+,25+,26+,27-,28-,29-,32-,33-,34+/m1/s1. The molecule has 22 heteroatoms. The number of phenols is 2. The maximum absolute atomic E-state index is 14.2. The van der Waals surface area contributed by atoms with E-state index in [-0.39, 0.29) is 28.4 Å². The number of hydrogen-bond donors (Lipinski definition) is 13. The van der Waals surface area contributed by atoms with E-state index in [1.54, 1.807) is 0 Å². The number of aromatic hydroxyl groups is 2. The summed E-state index contributed by atoms with van der Waals surface area (Å²) >= 11 is 0. The average Bonchev–Trinajstić information content (AvgIpc) is 3.18. The van der Waals surface area contributed by atoms with Crippen LogP contribution in [-0.2, 0) is 18.9 Å². The van der Waals surface area contributed by atoms with Crippen LogP contribution in [0.5, 0.6) is 28.7 Å². The lowest BCUT2D eigenvalue weighted by molar-refractivity contribution is -0.323. The number of fused-ring (bicyclic) bond motifs is 1. The van der Waals surface area contributed by atoms with E-state index < -0.39 is 140 Å². The first-order chi connectivity index (χ1) is 26.6. The van der Waals surface area contributed by atoms with Gasteiger partial charge in [0.2, 0.25) is 23.8 Å². The summed E-state index contributed by atoms with van der Waals surface area (Å²) in [6, 6.07) is 5.68. The van der Waals surface area contributed by atoms with Gasteiger partial charge in [0, 0.05) is 17.7 Å². The molecule has 2 aromatic carbocycles. The Morgan fingerprint density at radius 1 is 0.625 bits per heavy atom. The summed E-state index contributed by atoms with van der Waals surface area (Å²) in [4.78, 5) is 14.2. The minimum Gasteiger partial charge on any atom is -0.507 e. The van der Waals surface area contributed by atoms with Crippen molar-refractivity contribution in [2.75, 3.05) is 26.9 Å². The van der Waals surface area contributed by atoms with Crippen LogP contribution in [0, 0.1) is 0 Å². The Balaban J connectivity index is 1.34. The van der Waals surface area contributed by atoms with Gasteiger partial charge in [0.05, 0.1) is 26.9 Å². The second-order valence-corrected chi connectivity index (χ2v) is 13.3. The van der Waals surface area contributed by atoms with Crippen LogP contribution in [0.4, 0.5) is 0 Å². The van der Waals surface area contributed by atoms with E-state index in [0.29, 0.717) is 0 Å². The SMILES string of the molecule is COc1cc(-c2oc3cc(O[C@@H]4O[C@H](CO)[C@@H](O)[C@H](O)[C@H]4O)cc(O)c3c(=O)c2O[C@@H]2O[C@H](CO[C@@H]3O[C@H](CO)[C@@H](O)[C@H](O)[C@H]3O)[C@@H](O)[C@H](O)[C@H]2O)ccc1O. The number of ether oxygens (including phenoxy) is 7. The smallest absolute Gasteiger partial charge is 0.239 e. The van der Waals surface area contributed by atoms with Gasteiger partial charge >= 0.3 is 0 Å². The molecule has 3 fully saturated rings.